The van der Waals surface area contributed by atoms with E-state index in [9.17, 15) is 9.59 Å². The number of benzene rings is 2. The van der Waals surface area contributed by atoms with Crippen LogP contribution in [0.1, 0.15) is 23.2 Å². The SMILES string of the molecule is O=C(c1ccccc1)C1CCN(C(=O)Nc2ccc(Cl)cc2Cl)CC1. The number of likely N-dealkylation sites (tertiary alicyclic amines) is 1. The third-order valence-corrected chi connectivity index (χ3v) is 4.93. The molecule has 0 aromatic heterocycles. The monoisotopic (exact) mass is 376 g/mol. The molecule has 0 aliphatic carbocycles. The molecule has 1 saturated heterocycles. The standard InChI is InChI=1S/C19H18Cl2N2O2/c20-15-6-7-17(16(21)12-15)22-19(25)23-10-8-14(9-11-23)18(24)13-4-2-1-3-5-13/h1-7,12,14H,8-11H2,(H,22,25). The Hall–Kier alpha value is -2.04. The Morgan fingerprint density at radius 2 is 1.68 bits per heavy atom. The molecule has 130 valence electrons. The van der Waals surface area contributed by atoms with Gasteiger partial charge in [0.05, 0.1) is 10.7 Å². The predicted molar refractivity (Wildman–Crippen MR) is 101 cm³/mol. The number of carbonyl (C=O) groups excluding carboxylic acids is 2. The number of urea groups is 1. The zero-order valence-electron chi connectivity index (χ0n) is 13.5. The van der Waals surface area contributed by atoms with Crippen molar-refractivity contribution in [1.29, 1.82) is 0 Å². The van der Waals surface area contributed by atoms with Crippen molar-refractivity contribution in [2.45, 2.75) is 12.8 Å². The molecule has 1 aliphatic heterocycles. The van der Waals surface area contributed by atoms with E-state index in [0.717, 1.165) is 5.56 Å². The van der Waals surface area contributed by atoms with Gasteiger partial charge in [-0.05, 0) is 31.0 Å². The number of carbonyl (C=O) groups is 2. The number of hydrogen-bond acceptors (Lipinski definition) is 2. The number of halogens is 2. The van der Waals surface area contributed by atoms with Gasteiger partial charge < -0.3 is 10.2 Å². The van der Waals surface area contributed by atoms with Gasteiger partial charge in [0, 0.05) is 29.6 Å². The highest BCUT2D eigenvalue weighted by Crippen LogP contribution is 2.27. The smallest absolute Gasteiger partial charge is 0.321 e. The van der Waals surface area contributed by atoms with Gasteiger partial charge in [0.2, 0.25) is 0 Å². The van der Waals surface area contributed by atoms with Crippen LogP contribution in [0, 0.1) is 5.92 Å². The lowest BCUT2D eigenvalue weighted by atomic mass is 9.89. The Labute approximate surface area is 156 Å². The number of Topliss-reactive ketones (excluding diaryl/α,β-unsaturated/α-hetero) is 1. The zero-order chi connectivity index (χ0) is 17.8. The third-order valence-electron chi connectivity index (χ3n) is 4.38. The summed E-state index contributed by atoms with van der Waals surface area (Å²) in [5, 5.41) is 3.71. The number of rotatable bonds is 3. The van der Waals surface area contributed by atoms with E-state index in [-0.39, 0.29) is 17.7 Å². The van der Waals surface area contributed by atoms with Crippen molar-refractivity contribution >= 4 is 40.7 Å². The molecule has 25 heavy (non-hydrogen) atoms. The predicted octanol–water partition coefficient (Wildman–Crippen LogP) is 5.12. The fourth-order valence-electron chi connectivity index (χ4n) is 2.97. The highest BCUT2D eigenvalue weighted by Gasteiger charge is 2.28. The van der Waals surface area contributed by atoms with E-state index in [1.807, 2.05) is 30.3 Å². The molecule has 0 atom stereocenters. The highest BCUT2D eigenvalue weighted by atomic mass is 35.5. The average molecular weight is 377 g/mol. The molecule has 3 rings (SSSR count). The molecule has 1 heterocycles. The summed E-state index contributed by atoms with van der Waals surface area (Å²) < 4.78 is 0. The molecular formula is C19H18Cl2N2O2. The normalized spacial score (nSPS) is 15.0. The van der Waals surface area contributed by atoms with Crippen LogP contribution in [0.2, 0.25) is 10.0 Å². The topological polar surface area (TPSA) is 49.4 Å². The first-order valence-electron chi connectivity index (χ1n) is 8.15. The van der Waals surface area contributed by atoms with Gasteiger partial charge in [-0.3, -0.25) is 4.79 Å². The summed E-state index contributed by atoms with van der Waals surface area (Å²) in [6, 6.07) is 14.0. The molecular weight excluding hydrogens is 359 g/mol. The number of piperidine rings is 1. The first kappa shape index (κ1) is 17.8. The van der Waals surface area contributed by atoms with Crippen molar-refractivity contribution in [3.05, 3.63) is 64.1 Å². The third kappa shape index (κ3) is 4.33. The first-order valence-corrected chi connectivity index (χ1v) is 8.90. The van der Waals surface area contributed by atoms with E-state index in [4.69, 9.17) is 23.2 Å². The summed E-state index contributed by atoms with van der Waals surface area (Å²) in [6.45, 7) is 1.08. The quantitative estimate of drug-likeness (QED) is 0.755. The maximum Gasteiger partial charge on any atom is 0.321 e. The molecule has 0 unspecified atom stereocenters. The van der Waals surface area contributed by atoms with Crippen LogP contribution in [-0.4, -0.2) is 29.8 Å². The lowest BCUT2D eigenvalue weighted by Gasteiger charge is -2.31. The lowest BCUT2D eigenvalue weighted by Crippen LogP contribution is -2.42. The van der Waals surface area contributed by atoms with Crippen molar-refractivity contribution in [1.82, 2.24) is 4.90 Å². The van der Waals surface area contributed by atoms with Crippen LogP contribution in [0.4, 0.5) is 10.5 Å². The van der Waals surface area contributed by atoms with Crippen LogP contribution in [0.15, 0.2) is 48.5 Å². The van der Waals surface area contributed by atoms with Crippen LogP contribution in [-0.2, 0) is 0 Å². The average Bonchev–Trinajstić information content (AvgIpc) is 2.64. The molecule has 1 aliphatic rings. The fourth-order valence-corrected chi connectivity index (χ4v) is 3.42. The molecule has 2 amide bonds. The van der Waals surface area contributed by atoms with Crippen LogP contribution < -0.4 is 5.32 Å². The Balaban J connectivity index is 1.56. The van der Waals surface area contributed by atoms with E-state index in [1.165, 1.54) is 0 Å². The van der Waals surface area contributed by atoms with Crippen LogP contribution in [0.5, 0.6) is 0 Å². The minimum Gasteiger partial charge on any atom is -0.324 e. The molecule has 0 bridgehead atoms. The second-order valence-corrected chi connectivity index (χ2v) is 6.89. The second-order valence-electron chi connectivity index (χ2n) is 6.05. The Kier molecular flexibility index (Phi) is 5.61. The van der Waals surface area contributed by atoms with Gasteiger partial charge in [-0.1, -0.05) is 53.5 Å². The van der Waals surface area contributed by atoms with Crippen molar-refractivity contribution < 1.29 is 9.59 Å². The van der Waals surface area contributed by atoms with Crippen molar-refractivity contribution in [3.63, 3.8) is 0 Å². The zero-order valence-corrected chi connectivity index (χ0v) is 15.1. The lowest BCUT2D eigenvalue weighted by molar-refractivity contribution is 0.0859. The largest absolute Gasteiger partial charge is 0.324 e. The van der Waals surface area contributed by atoms with Crippen LogP contribution in [0.25, 0.3) is 0 Å². The number of ketones is 1. The van der Waals surface area contributed by atoms with Gasteiger partial charge in [-0.2, -0.15) is 0 Å². The van der Waals surface area contributed by atoms with Crippen molar-refractivity contribution in [3.8, 4) is 0 Å². The van der Waals surface area contributed by atoms with E-state index in [2.05, 4.69) is 5.32 Å². The number of anilines is 1. The number of amides is 2. The summed E-state index contributed by atoms with van der Waals surface area (Å²) in [4.78, 5) is 26.6. The van der Waals surface area contributed by atoms with Gasteiger partial charge in [0.15, 0.2) is 5.78 Å². The summed E-state index contributed by atoms with van der Waals surface area (Å²) in [6.07, 6.45) is 1.32. The van der Waals surface area contributed by atoms with Gasteiger partial charge in [0.1, 0.15) is 0 Å². The number of nitrogens with one attached hydrogen (secondary N) is 1. The van der Waals surface area contributed by atoms with Crippen LogP contribution >= 0.6 is 23.2 Å². The van der Waals surface area contributed by atoms with Gasteiger partial charge in [0.25, 0.3) is 0 Å². The first-order chi connectivity index (χ1) is 12.0. The van der Waals surface area contributed by atoms with Gasteiger partial charge in [-0.25, -0.2) is 4.79 Å². The summed E-state index contributed by atoms with van der Waals surface area (Å²) in [5.41, 5.74) is 1.26. The second kappa shape index (κ2) is 7.89. The number of hydrogen-bond donors (Lipinski definition) is 1. The molecule has 6 heteroatoms. The Bertz CT molecular complexity index is 772. The van der Waals surface area contributed by atoms with Gasteiger partial charge in [-0.15, -0.1) is 0 Å². The van der Waals surface area contributed by atoms with Crippen molar-refractivity contribution in [2.24, 2.45) is 5.92 Å². The molecule has 0 spiro atoms. The minimum atomic E-state index is -0.213. The van der Waals surface area contributed by atoms with Crippen LogP contribution in [0.3, 0.4) is 0 Å². The van der Waals surface area contributed by atoms with E-state index in [1.54, 1.807) is 23.1 Å². The van der Waals surface area contributed by atoms with Crippen molar-refractivity contribution in [2.75, 3.05) is 18.4 Å². The Morgan fingerprint density at radius 1 is 1.00 bits per heavy atom. The van der Waals surface area contributed by atoms with Gasteiger partial charge >= 0.3 is 6.03 Å². The Morgan fingerprint density at radius 3 is 2.32 bits per heavy atom. The molecule has 0 saturated carbocycles. The summed E-state index contributed by atoms with van der Waals surface area (Å²) in [7, 11) is 0. The summed E-state index contributed by atoms with van der Waals surface area (Å²) in [5.74, 6) is 0.118. The molecule has 1 fully saturated rings. The summed E-state index contributed by atoms with van der Waals surface area (Å²) >= 11 is 11.9. The fraction of sp³-hybridized carbons (Fsp3) is 0.263. The minimum absolute atomic E-state index is 0.0365. The van der Waals surface area contributed by atoms with E-state index < -0.39 is 0 Å². The molecule has 1 N–H and O–H groups in total. The molecule has 2 aromatic rings. The van der Waals surface area contributed by atoms with E-state index >= 15 is 0 Å². The maximum atomic E-state index is 12.5. The highest BCUT2D eigenvalue weighted by molar-refractivity contribution is 6.36. The maximum absolute atomic E-state index is 12.5. The molecule has 2 aromatic carbocycles. The molecule has 4 nitrogen and oxygen atoms in total. The molecule has 0 radical (unpaired) electrons. The van der Waals surface area contributed by atoms with E-state index in [0.29, 0.717) is 41.7 Å². The number of nitrogens with zero attached hydrogens (tertiary/aromatic N) is 1.